The Labute approximate surface area is 108 Å². The second-order valence-corrected chi connectivity index (χ2v) is 4.24. The predicted molar refractivity (Wildman–Crippen MR) is 67.2 cm³/mol. The number of hydrogen-bond acceptors (Lipinski definition) is 4. The third kappa shape index (κ3) is 1.74. The fraction of sp³-hybridized carbons (Fsp3) is 0.273. The number of aryl methyl sites for hydroxylation is 1. The minimum atomic E-state index is 0.354. The van der Waals surface area contributed by atoms with Gasteiger partial charge in [0.2, 0.25) is 0 Å². The summed E-state index contributed by atoms with van der Waals surface area (Å²) in [5.41, 5.74) is 1.85. The van der Waals surface area contributed by atoms with Gasteiger partial charge in [-0.3, -0.25) is 4.98 Å². The summed E-state index contributed by atoms with van der Waals surface area (Å²) in [7, 11) is 1.91. The highest BCUT2D eigenvalue weighted by Gasteiger charge is 2.12. The first-order valence-corrected chi connectivity index (χ1v) is 6.01. The summed E-state index contributed by atoms with van der Waals surface area (Å²) >= 11 is 5.94. The van der Waals surface area contributed by atoms with Gasteiger partial charge in [-0.1, -0.05) is 0 Å². The molecule has 0 atom stereocenters. The highest BCUT2D eigenvalue weighted by molar-refractivity contribution is 6.16. The Hall–Kier alpha value is -1.95. The molecule has 0 saturated carbocycles. The van der Waals surface area contributed by atoms with Crippen LogP contribution in [0.25, 0.3) is 11.0 Å². The molecule has 0 amide bonds. The molecule has 92 valence electrons. The first-order valence-electron chi connectivity index (χ1n) is 5.47. The Morgan fingerprint density at radius 1 is 1.33 bits per heavy atom. The van der Waals surface area contributed by atoms with Crippen LogP contribution in [-0.4, -0.2) is 29.3 Å². The van der Waals surface area contributed by atoms with Crippen LogP contribution in [0.1, 0.15) is 11.6 Å². The molecule has 3 heterocycles. The van der Waals surface area contributed by atoms with Crippen LogP contribution in [0.4, 0.5) is 0 Å². The maximum atomic E-state index is 5.94. The van der Waals surface area contributed by atoms with Crippen LogP contribution in [0.3, 0.4) is 0 Å². The standard InChI is InChI=1S/C11H11ClN6/c1-17-7-14-16-11(17)6-18-9-2-3-13-5-8(9)15-10(18)4-12/h2-3,5,7H,4,6H2,1H3. The van der Waals surface area contributed by atoms with Gasteiger partial charge in [-0.2, -0.15) is 0 Å². The maximum Gasteiger partial charge on any atom is 0.152 e. The molecule has 0 fully saturated rings. The molecule has 0 saturated heterocycles. The van der Waals surface area contributed by atoms with E-state index in [0.717, 1.165) is 22.7 Å². The Balaban J connectivity index is 2.12. The van der Waals surface area contributed by atoms with Crippen LogP contribution in [0.15, 0.2) is 24.8 Å². The smallest absolute Gasteiger partial charge is 0.152 e. The zero-order valence-electron chi connectivity index (χ0n) is 9.78. The van der Waals surface area contributed by atoms with Gasteiger partial charge < -0.3 is 9.13 Å². The number of hydrogen-bond donors (Lipinski definition) is 0. The summed E-state index contributed by atoms with van der Waals surface area (Å²) in [5.74, 6) is 2.02. The second kappa shape index (κ2) is 4.38. The number of aromatic nitrogens is 6. The summed E-state index contributed by atoms with van der Waals surface area (Å²) in [6.45, 7) is 0.596. The molecule has 6 nitrogen and oxygen atoms in total. The molecule has 0 aliphatic carbocycles. The molecule has 0 aromatic carbocycles. The summed E-state index contributed by atoms with van der Waals surface area (Å²) in [4.78, 5) is 8.52. The summed E-state index contributed by atoms with van der Waals surface area (Å²) in [6.07, 6.45) is 5.16. The van der Waals surface area contributed by atoms with Crippen molar-refractivity contribution >= 4 is 22.6 Å². The molecule has 0 radical (unpaired) electrons. The Kier molecular flexibility index (Phi) is 2.71. The molecule has 0 unspecified atom stereocenters. The van der Waals surface area contributed by atoms with Crippen LogP contribution in [0, 0.1) is 0 Å². The van der Waals surface area contributed by atoms with Crippen LogP contribution < -0.4 is 0 Å². The van der Waals surface area contributed by atoms with Gasteiger partial charge in [0.25, 0.3) is 0 Å². The van der Waals surface area contributed by atoms with Crippen molar-refractivity contribution < 1.29 is 0 Å². The quantitative estimate of drug-likeness (QED) is 0.669. The fourth-order valence-electron chi connectivity index (χ4n) is 1.90. The van der Waals surface area contributed by atoms with Gasteiger partial charge in [0.15, 0.2) is 5.82 Å². The predicted octanol–water partition coefficient (Wildman–Crippen LogP) is 1.35. The molecule has 0 aliphatic heterocycles. The van der Waals surface area contributed by atoms with E-state index in [2.05, 4.69) is 20.2 Å². The van der Waals surface area contributed by atoms with Crippen molar-refractivity contribution in [2.24, 2.45) is 7.05 Å². The number of halogens is 1. The Morgan fingerprint density at radius 2 is 2.22 bits per heavy atom. The van der Waals surface area contributed by atoms with Gasteiger partial charge in [-0.25, -0.2) is 4.98 Å². The van der Waals surface area contributed by atoms with Crippen LogP contribution >= 0.6 is 11.6 Å². The van der Waals surface area contributed by atoms with Crippen molar-refractivity contribution in [1.82, 2.24) is 29.3 Å². The number of nitrogens with zero attached hydrogens (tertiary/aromatic N) is 6. The van der Waals surface area contributed by atoms with E-state index in [9.17, 15) is 0 Å². The van der Waals surface area contributed by atoms with E-state index in [-0.39, 0.29) is 0 Å². The maximum absolute atomic E-state index is 5.94. The molecule has 0 N–H and O–H groups in total. The SMILES string of the molecule is Cn1cnnc1Cn1c(CCl)nc2cnccc21. The summed E-state index contributed by atoms with van der Waals surface area (Å²) < 4.78 is 3.92. The minimum Gasteiger partial charge on any atom is -0.319 e. The third-order valence-corrected chi connectivity index (χ3v) is 3.09. The van der Waals surface area contributed by atoms with E-state index in [1.165, 1.54) is 0 Å². The van der Waals surface area contributed by atoms with Gasteiger partial charge in [-0.15, -0.1) is 21.8 Å². The van der Waals surface area contributed by atoms with Crippen molar-refractivity contribution in [3.63, 3.8) is 0 Å². The first kappa shape index (κ1) is 11.2. The monoisotopic (exact) mass is 262 g/mol. The topological polar surface area (TPSA) is 61.4 Å². The molecule has 3 rings (SSSR count). The average molecular weight is 263 g/mol. The number of rotatable bonds is 3. The van der Waals surface area contributed by atoms with Crippen LogP contribution in [-0.2, 0) is 19.5 Å². The molecule has 0 bridgehead atoms. The van der Waals surface area contributed by atoms with Crippen molar-refractivity contribution in [1.29, 1.82) is 0 Å². The molecule has 0 aliphatic rings. The van der Waals surface area contributed by atoms with Crippen molar-refractivity contribution in [2.75, 3.05) is 0 Å². The molecular formula is C11H11ClN6. The lowest BCUT2D eigenvalue weighted by molar-refractivity contribution is 0.691. The lowest BCUT2D eigenvalue weighted by Gasteiger charge is -2.06. The number of alkyl halides is 1. The molecule has 7 heteroatoms. The first-order chi connectivity index (χ1) is 8.79. The second-order valence-electron chi connectivity index (χ2n) is 3.97. The molecule has 3 aromatic heterocycles. The van der Waals surface area contributed by atoms with Gasteiger partial charge >= 0.3 is 0 Å². The zero-order chi connectivity index (χ0) is 12.5. The van der Waals surface area contributed by atoms with Crippen molar-refractivity contribution in [3.8, 4) is 0 Å². The van der Waals surface area contributed by atoms with E-state index in [4.69, 9.17) is 11.6 Å². The highest BCUT2D eigenvalue weighted by Crippen LogP contribution is 2.17. The van der Waals surface area contributed by atoms with E-state index in [1.54, 1.807) is 18.7 Å². The number of pyridine rings is 1. The molecule has 18 heavy (non-hydrogen) atoms. The van der Waals surface area contributed by atoms with E-state index < -0.39 is 0 Å². The van der Waals surface area contributed by atoms with Gasteiger partial charge in [0.05, 0.1) is 24.1 Å². The van der Waals surface area contributed by atoms with Gasteiger partial charge in [0, 0.05) is 13.2 Å². The van der Waals surface area contributed by atoms with Crippen LogP contribution in [0.5, 0.6) is 0 Å². The lowest BCUT2D eigenvalue weighted by atomic mass is 10.4. The summed E-state index contributed by atoms with van der Waals surface area (Å²) in [5, 5.41) is 7.95. The number of imidazole rings is 1. The third-order valence-electron chi connectivity index (χ3n) is 2.85. The normalized spacial score (nSPS) is 11.2. The zero-order valence-corrected chi connectivity index (χ0v) is 10.5. The largest absolute Gasteiger partial charge is 0.319 e. The minimum absolute atomic E-state index is 0.354. The van der Waals surface area contributed by atoms with Gasteiger partial charge in [-0.05, 0) is 6.07 Å². The van der Waals surface area contributed by atoms with Crippen molar-refractivity contribution in [2.45, 2.75) is 12.4 Å². The fourth-order valence-corrected chi connectivity index (χ4v) is 2.11. The van der Waals surface area contributed by atoms with E-state index in [0.29, 0.717) is 12.4 Å². The van der Waals surface area contributed by atoms with E-state index in [1.807, 2.05) is 22.2 Å². The average Bonchev–Trinajstić information content (AvgIpc) is 2.95. The molecule has 3 aromatic rings. The van der Waals surface area contributed by atoms with Gasteiger partial charge in [0.1, 0.15) is 17.7 Å². The molecule has 0 spiro atoms. The van der Waals surface area contributed by atoms with Crippen LogP contribution in [0.2, 0.25) is 0 Å². The summed E-state index contributed by atoms with van der Waals surface area (Å²) in [6, 6.07) is 1.93. The Morgan fingerprint density at radius 3 is 2.94 bits per heavy atom. The number of fused-ring (bicyclic) bond motifs is 1. The molecular weight excluding hydrogens is 252 g/mol. The van der Waals surface area contributed by atoms with E-state index >= 15 is 0 Å². The van der Waals surface area contributed by atoms with Crippen molar-refractivity contribution in [3.05, 3.63) is 36.4 Å². The lowest BCUT2D eigenvalue weighted by Crippen LogP contribution is -2.08. The Bertz CT molecular complexity index is 686. The highest BCUT2D eigenvalue weighted by atomic mass is 35.5.